The van der Waals surface area contributed by atoms with Crippen LogP contribution in [0.25, 0.3) is 0 Å². The van der Waals surface area contributed by atoms with E-state index in [0.29, 0.717) is 19.4 Å². The van der Waals surface area contributed by atoms with Crippen molar-refractivity contribution < 1.29 is 14.6 Å². The van der Waals surface area contributed by atoms with Gasteiger partial charge < -0.3 is 9.84 Å². The molecule has 1 saturated heterocycles. The molecule has 3 heteroatoms. The van der Waals surface area contributed by atoms with E-state index in [9.17, 15) is 9.90 Å². The fourth-order valence-corrected chi connectivity index (χ4v) is 2.81. The molecule has 3 nitrogen and oxygen atoms in total. The molecule has 2 fully saturated rings. The number of carbonyl (C=O) groups is 1. The van der Waals surface area contributed by atoms with Crippen molar-refractivity contribution in [3.63, 3.8) is 0 Å². The first-order valence-corrected chi connectivity index (χ1v) is 6.50. The maximum Gasteiger partial charge on any atom is 0.136 e. The van der Waals surface area contributed by atoms with Gasteiger partial charge in [0.15, 0.2) is 0 Å². The number of ketones is 1. The third kappa shape index (κ3) is 2.16. The Hall–Kier alpha value is -0.410. The topological polar surface area (TPSA) is 49.8 Å². The predicted molar refractivity (Wildman–Crippen MR) is 61.2 cm³/mol. The number of Topliss-reactive ketones (excluding diaryl/α,β-unsaturated/α-hetero) is 1. The van der Waals surface area contributed by atoms with Crippen LogP contribution in [0.2, 0.25) is 0 Å². The summed E-state index contributed by atoms with van der Waals surface area (Å²) < 4.78 is 5.46. The third-order valence-corrected chi connectivity index (χ3v) is 4.08. The van der Waals surface area contributed by atoms with Gasteiger partial charge in [0.25, 0.3) is 0 Å². The number of aliphatic hydroxyl groups is 1. The van der Waals surface area contributed by atoms with Crippen LogP contribution in [0.5, 0.6) is 0 Å². The van der Waals surface area contributed by atoms with Gasteiger partial charge in [-0.2, -0.15) is 0 Å². The van der Waals surface area contributed by atoms with Gasteiger partial charge in [0.05, 0.1) is 6.61 Å². The lowest BCUT2D eigenvalue weighted by Crippen LogP contribution is -2.50. The smallest absolute Gasteiger partial charge is 0.136 e. The van der Waals surface area contributed by atoms with Crippen LogP contribution in [0.4, 0.5) is 0 Å². The molecule has 0 unspecified atom stereocenters. The molecule has 0 aromatic heterocycles. The fraction of sp³-hybridized carbons (Fsp3) is 0.923. The second-order valence-electron chi connectivity index (χ2n) is 5.34. The molecule has 0 aromatic carbocycles. The zero-order chi connectivity index (χ0) is 11.6. The van der Waals surface area contributed by atoms with Crippen molar-refractivity contribution in [1.29, 1.82) is 0 Å². The average molecular weight is 226 g/mol. The Morgan fingerprint density at radius 2 is 2.12 bits per heavy atom. The van der Waals surface area contributed by atoms with Crippen LogP contribution in [0.3, 0.4) is 0 Å². The van der Waals surface area contributed by atoms with Gasteiger partial charge in [-0.15, -0.1) is 0 Å². The molecule has 0 bridgehead atoms. The second-order valence-corrected chi connectivity index (χ2v) is 5.34. The van der Waals surface area contributed by atoms with E-state index < -0.39 is 5.60 Å². The minimum absolute atomic E-state index is 0.194. The molecule has 0 amide bonds. The fourth-order valence-electron chi connectivity index (χ4n) is 2.81. The highest BCUT2D eigenvalue weighted by atomic mass is 16.6. The minimum atomic E-state index is -0.865. The Morgan fingerprint density at radius 3 is 2.75 bits per heavy atom. The van der Waals surface area contributed by atoms with Crippen molar-refractivity contribution in [2.45, 2.75) is 69.5 Å². The maximum atomic E-state index is 11.5. The Morgan fingerprint density at radius 1 is 1.38 bits per heavy atom. The van der Waals surface area contributed by atoms with Crippen LogP contribution in [0, 0.1) is 0 Å². The van der Waals surface area contributed by atoms with Gasteiger partial charge in [0.1, 0.15) is 17.0 Å². The molecule has 1 aliphatic heterocycles. The van der Waals surface area contributed by atoms with Crippen LogP contribution in [-0.4, -0.2) is 28.7 Å². The zero-order valence-electron chi connectivity index (χ0n) is 10.1. The van der Waals surface area contributed by atoms with E-state index in [4.69, 9.17) is 4.74 Å². The standard InChI is InChI=1S/C13H22O3/c1-2-3-4-5-7-12(15)9-11(14)6-8-13(12)10-16-13/h15H,2-10H2,1H3/t12-,13+/m1/s1. The molecule has 0 aromatic rings. The molecule has 2 atom stereocenters. The Balaban J connectivity index is 1.89. The van der Waals surface area contributed by atoms with E-state index >= 15 is 0 Å². The number of carbonyl (C=O) groups excluding carboxylic acids is 1. The highest BCUT2D eigenvalue weighted by Crippen LogP contribution is 2.49. The lowest BCUT2D eigenvalue weighted by atomic mass is 9.72. The molecule has 2 rings (SSSR count). The molecule has 1 spiro atoms. The van der Waals surface area contributed by atoms with Gasteiger partial charge in [-0.25, -0.2) is 0 Å². The number of hydrogen-bond acceptors (Lipinski definition) is 3. The number of epoxide rings is 1. The predicted octanol–water partition coefficient (Wildman–Crippen LogP) is 2.21. The van der Waals surface area contributed by atoms with Crippen molar-refractivity contribution >= 4 is 5.78 Å². The molecule has 92 valence electrons. The zero-order valence-corrected chi connectivity index (χ0v) is 10.1. The van der Waals surface area contributed by atoms with E-state index in [2.05, 4.69) is 6.92 Å². The highest BCUT2D eigenvalue weighted by molar-refractivity contribution is 5.81. The molecule has 1 N–H and O–H groups in total. The van der Waals surface area contributed by atoms with E-state index in [1.165, 1.54) is 12.8 Å². The average Bonchev–Trinajstić information content (AvgIpc) is 3.02. The molecule has 1 aliphatic carbocycles. The Kier molecular flexibility index (Phi) is 3.36. The monoisotopic (exact) mass is 226 g/mol. The molecular weight excluding hydrogens is 204 g/mol. The summed E-state index contributed by atoms with van der Waals surface area (Å²) in [5.41, 5.74) is -1.22. The largest absolute Gasteiger partial charge is 0.386 e. The Bertz CT molecular complexity index is 270. The number of rotatable bonds is 5. The summed E-state index contributed by atoms with van der Waals surface area (Å²) in [5.74, 6) is 0.194. The summed E-state index contributed by atoms with van der Waals surface area (Å²) in [4.78, 5) is 11.5. The maximum absolute atomic E-state index is 11.5. The Labute approximate surface area is 97.2 Å². The van der Waals surface area contributed by atoms with Crippen LogP contribution in [-0.2, 0) is 9.53 Å². The van der Waals surface area contributed by atoms with Crippen molar-refractivity contribution in [3.05, 3.63) is 0 Å². The van der Waals surface area contributed by atoms with Crippen LogP contribution < -0.4 is 0 Å². The van der Waals surface area contributed by atoms with E-state index in [-0.39, 0.29) is 11.4 Å². The summed E-state index contributed by atoms with van der Waals surface area (Å²) in [5, 5.41) is 10.6. The minimum Gasteiger partial charge on any atom is -0.386 e. The summed E-state index contributed by atoms with van der Waals surface area (Å²) in [7, 11) is 0. The molecule has 2 aliphatic rings. The summed E-state index contributed by atoms with van der Waals surface area (Å²) in [6.07, 6.45) is 6.87. The van der Waals surface area contributed by atoms with Crippen molar-refractivity contribution in [2.24, 2.45) is 0 Å². The van der Waals surface area contributed by atoms with Crippen LogP contribution >= 0.6 is 0 Å². The highest BCUT2D eigenvalue weighted by Gasteiger charge is 2.62. The molecule has 1 saturated carbocycles. The first-order valence-electron chi connectivity index (χ1n) is 6.50. The molecule has 0 radical (unpaired) electrons. The lowest BCUT2D eigenvalue weighted by molar-refractivity contribution is -0.136. The number of unbranched alkanes of at least 4 members (excludes halogenated alkanes) is 3. The van der Waals surface area contributed by atoms with Gasteiger partial charge in [0, 0.05) is 12.8 Å². The van der Waals surface area contributed by atoms with Gasteiger partial charge in [-0.1, -0.05) is 32.6 Å². The van der Waals surface area contributed by atoms with Crippen LogP contribution in [0.1, 0.15) is 58.3 Å². The van der Waals surface area contributed by atoms with Crippen molar-refractivity contribution in [3.8, 4) is 0 Å². The summed E-state index contributed by atoms with van der Waals surface area (Å²) in [6.45, 7) is 2.81. The molecular formula is C13H22O3. The van der Waals surface area contributed by atoms with Crippen molar-refractivity contribution in [2.75, 3.05) is 6.61 Å². The normalized spacial score (nSPS) is 38.0. The van der Waals surface area contributed by atoms with Crippen LogP contribution in [0.15, 0.2) is 0 Å². The van der Waals surface area contributed by atoms with Crippen molar-refractivity contribution in [1.82, 2.24) is 0 Å². The number of hydrogen-bond donors (Lipinski definition) is 1. The van der Waals surface area contributed by atoms with Gasteiger partial charge >= 0.3 is 0 Å². The van der Waals surface area contributed by atoms with E-state index in [1.54, 1.807) is 0 Å². The quantitative estimate of drug-likeness (QED) is 0.577. The SMILES string of the molecule is CCCCCC[C@@]1(O)CC(=O)CC[C@]12CO2. The summed E-state index contributed by atoms with van der Waals surface area (Å²) in [6, 6.07) is 0. The molecule has 1 heterocycles. The second kappa shape index (κ2) is 4.46. The van der Waals surface area contributed by atoms with Gasteiger partial charge in [-0.3, -0.25) is 4.79 Å². The van der Waals surface area contributed by atoms with E-state index in [1.807, 2.05) is 0 Å². The van der Waals surface area contributed by atoms with Gasteiger partial charge in [-0.05, 0) is 12.8 Å². The summed E-state index contributed by atoms with van der Waals surface area (Å²) >= 11 is 0. The molecule has 16 heavy (non-hydrogen) atoms. The first kappa shape index (κ1) is 12.1. The third-order valence-electron chi connectivity index (χ3n) is 4.08. The lowest BCUT2D eigenvalue weighted by Gasteiger charge is -2.37. The van der Waals surface area contributed by atoms with Gasteiger partial charge in [0.2, 0.25) is 0 Å². The van der Waals surface area contributed by atoms with E-state index in [0.717, 1.165) is 25.7 Å². The first-order chi connectivity index (χ1) is 7.62. The number of ether oxygens (including phenoxy) is 1.